The molecule has 190 valence electrons. The van der Waals surface area contributed by atoms with Crippen LogP contribution in [-0.2, 0) is 6.54 Å². The van der Waals surface area contributed by atoms with Crippen LogP contribution in [0.5, 0.6) is 0 Å². The number of likely N-dealkylation sites (tertiary alicyclic amines) is 1. The van der Waals surface area contributed by atoms with Crippen molar-refractivity contribution in [2.24, 2.45) is 0 Å². The monoisotopic (exact) mass is 505 g/mol. The Labute approximate surface area is 218 Å². The number of carbonyl (C=O) groups is 1. The van der Waals surface area contributed by atoms with E-state index in [1.165, 1.54) is 92.4 Å². The molecule has 1 saturated heterocycles. The van der Waals surface area contributed by atoms with Gasteiger partial charge in [0.05, 0.1) is 11.3 Å². The first-order chi connectivity index (χ1) is 17.6. The zero-order chi connectivity index (χ0) is 24.6. The van der Waals surface area contributed by atoms with E-state index in [0.29, 0.717) is 11.5 Å². The summed E-state index contributed by atoms with van der Waals surface area (Å²) < 4.78 is 2.40. The van der Waals surface area contributed by atoms with E-state index in [2.05, 4.69) is 32.6 Å². The van der Waals surface area contributed by atoms with Gasteiger partial charge in [0.25, 0.3) is 0 Å². The maximum Gasteiger partial charge on any atom is 0.335 e. The van der Waals surface area contributed by atoms with Crippen molar-refractivity contribution < 1.29 is 9.90 Å². The number of nitrogens with zero attached hydrogens (tertiary/aromatic N) is 3. The second-order valence-corrected chi connectivity index (χ2v) is 11.3. The highest BCUT2D eigenvalue weighted by molar-refractivity contribution is 6.31. The molecule has 1 saturated carbocycles. The Morgan fingerprint density at radius 2 is 1.67 bits per heavy atom. The number of aromatic carboxylic acids is 1. The predicted octanol–water partition coefficient (Wildman–Crippen LogP) is 7.01. The van der Waals surface area contributed by atoms with Gasteiger partial charge < -0.3 is 19.5 Å². The highest BCUT2D eigenvalue weighted by Gasteiger charge is 2.31. The van der Waals surface area contributed by atoms with E-state index in [4.69, 9.17) is 11.6 Å². The van der Waals surface area contributed by atoms with Crippen LogP contribution in [0.4, 0.5) is 5.69 Å². The van der Waals surface area contributed by atoms with E-state index in [0.717, 1.165) is 36.7 Å². The van der Waals surface area contributed by atoms with Crippen LogP contribution in [0, 0.1) is 0 Å². The number of piperidine rings is 1. The number of hydrogen-bond donors (Lipinski definition) is 1. The van der Waals surface area contributed by atoms with Crippen LogP contribution in [0.2, 0.25) is 5.02 Å². The molecule has 1 N–H and O–H groups in total. The lowest BCUT2D eigenvalue weighted by Crippen LogP contribution is -2.38. The summed E-state index contributed by atoms with van der Waals surface area (Å²) in [6.07, 6.45) is 10.2. The Hall–Kier alpha value is -2.50. The topological polar surface area (TPSA) is 48.7 Å². The van der Waals surface area contributed by atoms with Crippen LogP contribution < -0.4 is 4.90 Å². The molecule has 2 aromatic carbocycles. The van der Waals surface area contributed by atoms with Crippen molar-refractivity contribution >= 4 is 34.2 Å². The standard InChI is InChI=1S/C30H36ClN3O2/c31-23-10-12-26-25(20-23)29-28(21-7-3-1-4-8-21)24-11-9-22(30(35)36)19-27(24)34(29)18-17-33(26)16-15-32-13-5-2-6-14-32/h9-12,19-21H,1-8,13-18H2,(H,35,36). The lowest BCUT2D eigenvalue weighted by Gasteiger charge is -2.31. The maximum absolute atomic E-state index is 11.9. The van der Waals surface area contributed by atoms with Gasteiger partial charge in [-0.1, -0.05) is 43.4 Å². The highest BCUT2D eigenvalue weighted by Crippen LogP contribution is 2.48. The zero-order valence-electron chi connectivity index (χ0n) is 21.0. The number of hydrogen-bond acceptors (Lipinski definition) is 3. The number of carboxylic acids is 1. The van der Waals surface area contributed by atoms with Gasteiger partial charge in [-0.25, -0.2) is 4.79 Å². The van der Waals surface area contributed by atoms with E-state index in [1.54, 1.807) is 6.07 Å². The third kappa shape index (κ3) is 4.41. The van der Waals surface area contributed by atoms with Crippen molar-refractivity contribution in [3.05, 3.63) is 52.5 Å². The molecule has 3 heterocycles. The smallest absolute Gasteiger partial charge is 0.335 e. The van der Waals surface area contributed by atoms with Crippen LogP contribution in [0.25, 0.3) is 22.2 Å². The molecule has 2 aliphatic heterocycles. The van der Waals surface area contributed by atoms with Crippen LogP contribution in [0.1, 0.15) is 73.2 Å². The summed E-state index contributed by atoms with van der Waals surface area (Å²) in [5.41, 5.74) is 6.53. The Morgan fingerprint density at radius 1 is 0.889 bits per heavy atom. The van der Waals surface area contributed by atoms with Crippen LogP contribution in [0.15, 0.2) is 36.4 Å². The Morgan fingerprint density at radius 3 is 2.44 bits per heavy atom. The molecule has 1 aromatic heterocycles. The molecule has 1 aliphatic carbocycles. The molecule has 0 radical (unpaired) electrons. The van der Waals surface area contributed by atoms with Crippen LogP contribution in [-0.4, -0.2) is 53.3 Å². The first-order valence-corrected chi connectivity index (χ1v) is 14.1. The largest absolute Gasteiger partial charge is 0.478 e. The summed E-state index contributed by atoms with van der Waals surface area (Å²) in [5, 5.41) is 11.7. The molecular weight excluding hydrogens is 470 g/mol. The number of aromatic nitrogens is 1. The molecule has 5 nitrogen and oxygen atoms in total. The van der Waals surface area contributed by atoms with Gasteiger partial charge in [0.1, 0.15) is 0 Å². The molecule has 0 unspecified atom stereocenters. The Balaban J connectivity index is 1.49. The van der Waals surface area contributed by atoms with Gasteiger partial charge in [-0.3, -0.25) is 0 Å². The lowest BCUT2D eigenvalue weighted by atomic mass is 9.81. The third-order valence-corrected chi connectivity index (χ3v) is 8.88. The van der Waals surface area contributed by atoms with E-state index >= 15 is 0 Å². The molecule has 0 atom stereocenters. The summed E-state index contributed by atoms with van der Waals surface area (Å²) >= 11 is 6.63. The number of fused-ring (bicyclic) bond motifs is 5. The van der Waals surface area contributed by atoms with Gasteiger partial charge >= 0.3 is 5.97 Å². The Kier molecular flexibility index (Phi) is 6.70. The van der Waals surface area contributed by atoms with E-state index < -0.39 is 5.97 Å². The molecule has 36 heavy (non-hydrogen) atoms. The molecular formula is C30H36ClN3O2. The van der Waals surface area contributed by atoms with E-state index in [1.807, 2.05) is 12.1 Å². The van der Waals surface area contributed by atoms with Gasteiger partial charge in [-0.15, -0.1) is 0 Å². The number of anilines is 1. The van der Waals surface area contributed by atoms with Gasteiger partial charge in [0.15, 0.2) is 0 Å². The van der Waals surface area contributed by atoms with Gasteiger partial charge in [-0.2, -0.15) is 0 Å². The summed E-state index contributed by atoms with van der Waals surface area (Å²) in [7, 11) is 0. The van der Waals surface area contributed by atoms with Crippen molar-refractivity contribution in [2.45, 2.75) is 63.8 Å². The maximum atomic E-state index is 11.9. The van der Waals surface area contributed by atoms with Crippen LogP contribution in [0.3, 0.4) is 0 Å². The van der Waals surface area contributed by atoms with Crippen molar-refractivity contribution in [1.29, 1.82) is 0 Å². The van der Waals surface area contributed by atoms with Gasteiger partial charge in [0.2, 0.25) is 0 Å². The second-order valence-electron chi connectivity index (χ2n) is 10.8. The fraction of sp³-hybridized carbons (Fsp3) is 0.500. The number of rotatable bonds is 5. The first-order valence-electron chi connectivity index (χ1n) is 13.8. The number of benzene rings is 2. The first kappa shape index (κ1) is 23.9. The van der Waals surface area contributed by atoms with E-state index in [9.17, 15) is 9.90 Å². The van der Waals surface area contributed by atoms with Crippen LogP contribution >= 0.6 is 11.6 Å². The molecule has 6 rings (SSSR count). The zero-order valence-corrected chi connectivity index (χ0v) is 21.8. The molecule has 0 amide bonds. The average Bonchev–Trinajstić information content (AvgIpc) is 3.14. The molecule has 0 bridgehead atoms. The SMILES string of the molecule is O=C(O)c1ccc2c(C3CCCCC3)c3n(c2c1)CCN(CCN1CCCCC1)c1ccc(Cl)cc1-3. The van der Waals surface area contributed by atoms with Crippen molar-refractivity contribution in [1.82, 2.24) is 9.47 Å². The van der Waals surface area contributed by atoms with Crippen molar-refractivity contribution in [3.63, 3.8) is 0 Å². The highest BCUT2D eigenvalue weighted by atomic mass is 35.5. The van der Waals surface area contributed by atoms with E-state index in [-0.39, 0.29) is 0 Å². The van der Waals surface area contributed by atoms with Gasteiger partial charge in [-0.05, 0) is 80.6 Å². The summed E-state index contributed by atoms with van der Waals surface area (Å²) in [6, 6.07) is 12.1. The quantitative estimate of drug-likeness (QED) is 0.405. The summed E-state index contributed by atoms with van der Waals surface area (Å²) in [5.74, 6) is -0.369. The predicted molar refractivity (Wildman–Crippen MR) is 148 cm³/mol. The van der Waals surface area contributed by atoms with Crippen molar-refractivity contribution in [3.8, 4) is 11.3 Å². The number of carboxylic acid groups (broad SMARTS) is 1. The minimum atomic E-state index is -0.869. The summed E-state index contributed by atoms with van der Waals surface area (Å²) in [4.78, 5) is 17.0. The minimum Gasteiger partial charge on any atom is -0.478 e. The molecule has 2 fully saturated rings. The molecule has 6 heteroatoms. The fourth-order valence-corrected chi connectivity index (χ4v) is 7.00. The van der Waals surface area contributed by atoms with Gasteiger partial charge in [0, 0.05) is 53.4 Å². The number of halogens is 1. The summed E-state index contributed by atoms with van der Waals surface area (Å²) in [6.45, 7) is 6.23. The fourth-order valence-electron chi connectivity index (χ4n) is 6.83. The van der Waals surface area contributed by atoms with Crippen molar-refractivity contribution in [2.75, 3.05) is 37.6 Å². The lowest BCUT2D eigenvalue weighted by molar-refractivity contribution is 0.0697. The molecule has 3 aliphatic rings. The average molecular weight is 506 g/mol. The normalized spacial score (nSPS) is 19.2. The Bertz CT molecular complexity index is 1270. The third-order valence-electron chi connectivity index (χ3n) is 8.65. The second kappa shape index (κ2) is 10.1. The minimum absolute atomic E-state index is 0.357. The molecule has 0 spiro atoms. The molecule has 3 aromatic rings.